The number of amides is 1. The number of nitrogens with zero attached hydrogens (tertiary/aromatic N) is 1. The Balaban J connectivity index is 2.55. The Bertz CT molecular complexity index is 275. The molecule has 18 heavy (non-hydrogen) atoms. The molecule has 0 spiro atoms. The highest BCUT2D eigenvalue weighted by atomic mass is 16.2. The van der Waals surface area contributed by atoms with E-state index in [0.717, 1.165) is 18.8 Å². The molecule has 1 rings (SSSR count). The molecule has 3 heteroatoms. The van der Waals surface area contributed by atoms with Crippen molar-refractivity contribution in [3.8, 4) is 0 Å². The number of carbonyl (C=O) groups excluding carboxylic acids is 1. The molecule has 0 aromatic rings. The Kier molecular flexibility index (Phi) is 5.20. The van der Waals surface area contributed by atoms with E-state index in [2.05, 4.69) is 6.92 Å². The first-order valence-electron chi connectivity index (χ1n) is 7.29. The zero-order valence-electron chi connectivity index (χ0n) is 12.7. The van der Waals surface area contributed by atoms with Gasteiger partial charge in [0.2, 0.25) is 5.91 Å². The van der Waals surface area contributed by atoms with E-state index in [9.17, 15) is 4.79 Å². The Morgan fingerprint density at radius 1 is 1.28 bits per heavy atom. The lowest BCUT2D eigenvalue weighted by atomic mass is 9.82. The molecule has 0 bridgehead atoms. The van der Waals surface area contributed by atoms with Crippen LogP contribution in [0.25, 0.3) is 0 Å². The number of hydrogen-bond donors (Lipinski definition) is 1. The lowest BCUT2D eigenvalue weighted by Crippen LogP contribution is -2.52. The summed E-state index contributed by atoms with van der Waals surface area (Å²) in [6, 6.07) is 0.0000913. The SMILES string of the molecule is CCC1CCC(N(C)C(=O)[C@H](N)C(C)(C)C)CC1. The zero-order valence-corrected chi connectivity index (χ0v) is 12.7. The average Bonchev–Trinajstić information content (AvgIpc) is 2.35. The Morgan fingerprint density at radius 2 is 1.78 bits per heavy atom. The van der Waals surface area contributed by atoms with Crippen LogP contribution in [0.4, 0.5) is 0 Å². The predicted molar refractivity (Wildman–Crippen MR) is 76.2 cm³/mol. The number of hydrogen-bond acceptors (Lipinski definition) is 2. The van der Waals surface area contributed by atoms with Crippen molar-refractivity contribution in [2.24, 2.45) is 17.1 Å². The molecule has 3 nitrogen and oxygen atoms in total. The van der Waals surface area contributed by atoms with Gasteiger partial charge in [-0.25, -0.2) is 0 Å². The summed E-state index contributed by atoms with van der Waals surface area (Å²) in [5.74, 6) is 0.962. The second kappa shape index (κ2) is 6.05. The van der Waals surface area contributed by atoms with Crippen molar-refractivity contribution in [2.45, 2.75) is 71.9 Å². The largest absolute Gasteiger partial charge is 0.341 e. The number of nitrogens with two attached hydrogens (primary N) is 1. The fourth-order valence-corrected chi connectivity index (χ4v) is 2.71. The molecule has 0 radical (unpaired) electrons. The lowest BCUT2D eigenvalue weighted by molar-refractivity contribution is -0.136. The maximum Gasteiger partial charge on any atom is 0.240 e. The van der Waals surface area contributed by atoms with Crippen molar-refractivity contribution in [3.05, 3.63) is 0 Å². The third kappa shape index (κ3) is 3.71. The summed E-state index contributed by atoms with van der Waals surface area (Å²) < 4.78 is 0. The molecular formula is C15H30N2O. The molecule has 1 amide bonds. The molecule has 106 valence electrons. The monoisotopic (exact) mass is 254 g/mol. The smallest absolute Gasteiger partial charge is 0.240 e. The van der Waals surface area contributed by atoms with Gasteiger partial charge in [-0.1, -0.05) is 34.1 Å². The van der Waals surface area contributed by atoms with Gasteiger partial charge in [-0.05, 0) is 37.0 Å². The molecule has 0 saturated heterocycles. The van der Waals surface area contributed by atoms with Crippen LogP contribution in [-0.2, 0) is 4.79 Å². The van der Waals surface area contributed by atoms with Gasteiger partial charge in [0.25, 0.3) is 0 Å². The molecule has 1 aliphatic carbocycles. The van der Waals surface area contributed by atoms with Gasteiger partial charge in [-0.2, -0.15) is 0 Å². The second-order valence-corrected chi connectivity index (χ2v) is 6.88. The van der Waals surface area contributed by atoms with E-state index in [1.165, 1.54) is 19.3 Å². The highest BCUT2D eigenvalue weighted by Gasteiger charge is 2.33. The maximum absolute atomic E-state index is 12.3. The van der Waals surface area contributed by atoms with Crippen LogP contribution in [0.5, 0.6) is 0 Å². The summed E-state index contributed by atoms with van der Waals surface area (Å²) in [7, 11) is 1.92. The summed E-state index contributed by atoms with van der Waals surface area (Å²) in [4.78, 5) is 14.2. The summed E-state index contributed by atoms with van der Waals surface area (Å²) in [5.41, 5.74) is 5.90. The van der Waals surface area contributed by atoms with Crippen LogP contribution in [0.1, 0.15) is 59.8 Å². The summed E-state index contributed by atoms with van der Waals surface area (Å²) in [6.07, 6.45) is 6.05. The summed E-state index contributed by atoms with van der Waals surface area (Å²) >= 11 is 0. The van der Waals surface area contributed by atoms with Crippen molar-refractivity contribution in [3.63, 3.8) is 0 Å². The van der Waals surface area contributed by atoms with E-state index in [1.54, 1.807) is 0 Å². The molecule has 1 aliphatic rings. The quantitative estimate of drug-likeness (QED) is 0.842. The van der Waals surface area contributed by atoms with Crippen molar-refractivity contribution in [1.29, 1.82) is 0 Å². The highest BCUT2D eigenvalue weighted by molar-refractivity contribution is 5.82. The van der Waals surface area contributed by atoms with Gasteiger partial charge in [0.15, 0.2) is 0 Å². The van der Waals surface area contributed by atoms with E-state index >= 15 is 0 Å². The first-order chi connectivity index (χ1) is 8.27. The van der Waals surface area contributed by atoms with Crippen LogP contribution in [0.2, 0.25) is 0 Å². The molecule has 1 atom stereocenters. The number of carbonyl (C=O) groups is 1. The van der Waals surface area contributed by atoms with E-state index in [-0.39, 0.29) is 11.3 Å². The maximum atomic E-state index is 12.3. The van der Waals surface area contributed by atoms with Crippen molar-refractivity contribution in [1.82, 2.24) is 4.90 Å². The van der Waals surface area contributed by atoms with Gasteiger partial charge in [0.1, 0.15) is 0 Å². The molecule has 0 aromatic carbocycles. The van der Waals surface area contributed by atoms with Crippen molar-refractivity contribution < 1.29 is 4.79 Å². The van der Waals surface area contributed by atoms with E-state index < -0.39 is 6.04 Å². The van der Waals surface area contributed by atoms with Gasteiger partial charge in [-0.15, -0.1) is 0 Å². The highest BCUT2D eigenvalue weighted by Crippen LogP contribution is 2.30. The summed E-state index contributed by atoms with van der Waals surface area (Å²) in [6.45, 7) is 8.33. The average molecular weight is 254 g/mol. The van der Waals surface area contributed by atoms with Gasteiger partial charge in [0, 0.05) is 13.1 Å². The van der Waals surface area contributed by atoms with Crippen molar-refractivity contribution in [2.75, 3.05) is 7.05 Å². The molecule has 0 heterocycles. The van der Waals surface area contributed by atoms with Crippen LogP contribution < -0.4 is 5.73 Å². The van der Waals surface area contributed by atoms with Gasteiger partial charge >= 0.3 is 0 Å². The minimum Gasteiger partial charge on any atom is -0.341 e. The third-order valence-corrected chi connectivity index (χ3v) is 4.49. The first kappa shape index (κ1) is 15.5. The molecule has 0 aliphatic heterocycles. The Labute approximate surface area is 112 Å². The fraction of sp³-hybridized carbons (Fsp3) is 0.933. The minimum absolute atomic E-state index is 0.0995. The lowest BCUT2D eigenvalue weighted by Gasteiger charge is -2.38. The predicted octanol–water partition coefficient (Wildman–Crippen LogP) is 2.79. The van der Waals surface area contributed by atoms with Crippen LogP contribution in [0.15, 0.2) is 0 Å². The van der Waals surface area contributed by atoms with Gasteiger partial charge < -0.3 is 10.6 Å². The van der Waals surface area contributed by atoms with Gasteiger partial charge in [-0.3, -0.25) is 4.79 Å². The topological polar surface area (TPSA) is 46.3 Å². The minimum atomic E-state index is -0.397. The second-order valence-electron chi connectivity index (χ2n) is 6.88. The fourth-order valence-electron chi connectivity index (χ4n) is 2.71. The first-order valence-corrected chi connectivity index (χ1v) is 7.29. The summed E-state index contributed by atoms with van der Waals surface area (Å²) in [5, 5.41) is 0. The molecule has 1 fully saturated rings. The molecular weight excluding hydrogens is 224 g/mol. The standard InChI is InChI=1S/C15H30N2O/c1-6-11-7-9-12(10-8-11)17(5)14(18)13(16)15(2,3)4/h11-13H,6-10,16H2,1-5H3/t11?,12?,13-/m0/s1. The van der Waals surface area contributed by atoms with Crippen LogP contribution in [0.3, 0.4) is 0 Å². The normalized spacial score (nSPS) is 26.8. The Morgan fingerprint density at radius 3 is 2.17 bits per heavy atom. The Hall–Kier alpha value is -0.570. The third-order valence-electron chi connectivity index (χ3n) is 4.49. The zero-order chi connectivity index (χ0) is 13.9. The molecule has 2 N–H and O–H groups in total. The van der Waals surface area contributed by atoms with Crippen LogP contribution in [-0.4, -0.2) is 29.9 Å². The van der Waals surface area contributed by atoms with E-state index in [4.69, 9.17) is 5.73 Å². The van der Waals surface area contributed by atoms with E-state index in [1.807, 2.05) is 32.7 Å². The molecule has 0 unspecified atom stereocenters. The van der Waals surface area contributed by atoms with Crippen LogP contribution >= 0.6 is 0 Å². The molecule has 1 saturated carbocycles. The van der Waals surface area contributed by atoms with Crippen LogP contribution in [0, 0.1) is 11.3 Å². The van der Waals surface area contributed by atoms with E-state index in [0.29, 0.717) is 6.04 Å². The number of likely N-dealkylation sites (N-methyl/N-ethyl adjacent to an activating group) is 1. The molecule has 0 aromatic heterocycles. The van der Waals surface area contributed by atoms with Gasteiger partial charge in [0.05, 0.1) is 6.04 Å². The number of rotatable bonds is 3. The van der Waals surface area contributed by atoms with Crippen molar-refractivity contribution >= 4 is 5.91 Å².